The summed E-state index contributed by atoms with van der Waals surface area (Å²) in [7, 11) is 0. The molecule has 14 heavy (non-hydrogen) atoms. The fraction of sp³-hybridized carbons (Fsp3) is 0.222. The lowest BCUT2D eigenvalue weighted by molar-refractivity contribution is 0.0695. The molecular weight excluding hydrogens is 184 g/mol. The third kappa shape index (κ3) is 1.14. The van der Waals surface area contributed by atoms with Crippen LogP contribution in [0.4, 0.5) is 0 Å². The van der Waals surface area contributed by atoms with E-state index in [9.17, 15) is 9.59 Å². The molecule has 0 aromatic carbocycles. The normalized spacial score (nSPS) is 13.6. The number of aromatic nitrogens is 1. The quantitative estimate of drug-likeness (QED) is 0.672. The number of amides is 1. The summed E-state index contributed by atoms with van der Waals surface area (Å²) in [6.07, 6.45) is 0. The molecule has 1 aliphatic heterocycles. The minimum Gasteiger partial charge on any atom is -0.478 e. The molecule has 2 rings (SSSR count). The van der Waals surface area contributed by atoms with Crippen molar-refractivity contribution in [3.05, 3.63) is 28.6 Å². The van der Waals surface area contributed by atoms with Gasteiger partial charge in [0.2, 0.25) is 0 Å². The lowest BCUT2D eigenvalue weighted by Crippen LogP contribution is -2.12. The van der Waals surface area contributed by atoms with E-state index < -0.39 is 5.97 Å². The number of fused-ring (bicyclic) bond motifs is 1. The van der Waals surface area contributed by atoms with Crippen LogP contribution in [0.3, 0.4) is 0 Å². The summed E-state index contributed by atoms with van der Waals surface area (Å²) < 4.78 is 0. The zero-order chi connectivity index (χ0) is 10.3. The zero-order valence-corrected chi connectivity index (χ0v) is 7.50. The number of rotatable bonds is 1. The predicted molar refractivity (Wildman–Crippen MR) is 47.1 cm³/mol. The number of aryl methyl sites for hydroxylation is 1. The van der Waals surface area contributed by atoms with Crippen LogP contribution in [0.5, 0.6) is 0 Å². The fourth-order valence-corrected chi connectivity index (χ4v) is 1.46. The first kappa shape index (κ1) is 8.68. The number of carboxylic acids is 1. The van der Waals surface area contributed by atoms with Gasteiger partial charge >= 0.3 is 5.97 Å². The van der Waals surface area contributed by atoms with Gasteiger partial charge in [0.1, 0.15) is 0 Å². The number of nitrogens with one attached hydrogen (secondary N) is 1. The number of hydrogen-bond acceptors (Lipinski definition) is 3. The van der Waals surface area contributed by atoms with Gasteiger partial charge in [0.25, 0.3) is 5.91 Å². The second-order valence-corrected chi connectivity index (χ2v) is 3.10. The van der Waals surface area contributed by atoms with Gasteiger partial charge in [0.05, 0.1) is 29.1 Å². The number of carbonyl (C=O) groups excluding carboxylic acids is 1. The van der Waals surface area contributed by atoms with Gasteiger partial charge in [-0.05, 0) is 13.0 Å². The Morgan fingerprint density at radius 3 is 3.00 bits per heavy atom. The van der Waals surface area contributed by atoms with Crippen LogP contribution in [-0.2, 0) is 6.54 Å². The molecule has 0 atom stereocenters. The number of aromatic carboxylic acids is 1. The Hall–Kier alpha value is -1.91. The standard InChI is InChI=1S/C9H8N2O3/c1-4-5(9(13)14)2-6-7(11-4)3-10-8(6)12/h2H,3H2,1H3,(H,10,12)(H,13,14). The van der Waals surface area contributed by atoms with Crippen molar-refractivity contribution in [2.75, 3.05) is 0 Å². The molecule has 5 nitrogen and oxygen atoms in total. The summed E-state index contributed by atoms with van der Waals surface area (Å²) in [5.74, 6) is -1.31. The van der Waals surface area contributed by atoms with E-state index in [1.807, 2.05) is 0 Å². The Balaban J connectivity index is 2.62. The number of nitrogens with zero attached hydrogens (tertiary/aromatic N) is 1. The number of pyridine rings is 1. The molecule has 1 aliphatic rings. The smallest absolute Gasteiger partial charge is 0.337 e. The SMILES string of the molecule is Cc1nc2c(cc1C(=O)O)C(=O)NC2. The third-order valence-electron chi connectivity index (χ3n) is 2.18. The van der Waals surface area contributed by atoms with E-state index in [4.69, 9.17) is 5.11 Å². The van der Waals surface area contributed by atoms with Gasteiger partial charge in [-0.15, -0.1) is 0 Å². The summed E-state index contributed by atoms with van der Waals surface area (Å²) in [5.41, 5.74) is 1.51. The first-order valence-electron chi connectivity index (χ1n) is 4.11. The van der Waals surface area contributed by atoms with Crippen molar-refractivity contribution in [3.63, 3.8) is 0 Å². The third-order valence-corrected chi connectivity index (χ3v) is 2.18. The maximum atomic E-state index is 11.2. The molecule has 0 unspecified atom stereocenters. The van der Waals surface area contributed by atoms with Gasteiger partial charge in [0, 0.05) is 0 Å². The van der Waals surface area contributed by atoms with Crippen LogP contribution in [-0.4, -0.2) is 22.0 Å². The average molecular weight is 192 g/mol. The highest BCUT2D eigenvalue weighted by atomic mass is 16.4. The van der Waals surface area contributed by atoms with Crippen LogP contribution in [0.25, 0.3) is 0 Å². The molecule has 0 aliphatic carbocycles. The zero-order valence-electron chi connectivity index (χ0n) is 7.50. The molecular formula is C9H8N2O3. The molecule has 0 fully saturated rings. The van der Waals surface area contributed by atoms with E-state index in [1.165, 1.54) is 6.07 Å². The minimum atomic E-state index is -1.06. The molecule has 2 N–H and O–H groups in total. The molecule has 0 spiro atoms. The van der Waals surface area contributed by atoms with E-state index in [0.29, 0.717) is 23.5 Å². The molecule has 5 heteroatoms. The molecule has 0 saturated carbocycles. The lowest BCUT2D eigenvalue weighted by atomic mass is 10.1. The molecule has 1 aromatic rings. The van der Waals surface area contributed by atoms with Crippen molar-refractivity contribution in [2.24, 2.45) is 0 Å². The Morgan fingerprint density at radius 1 is 1.64 bits per heavy atom. The van der Waals surface area contributed by atoms with E-state index >= 15 is 0 Å². The van der Waals surface area contributed by atoms with Crippen molar-refractivity contribution in [1.82, 2.24) is 10.3 Å². The van der Waals surface area contributed by atoms with Gasteiger partial charge < -0.3 is 10.4 Å². The van der Waals surface area contributed by atoms with E-state index in [0.717, 1.165) is 0 Å². The number of hydrogen-bond donors (Lipinski definition) is 2. The molecule has 72 valence electrons. The predicted octanol–water partition coefficient (Wildman–Crippen LogP) is 0.332. The minimum absolute atomic E-state index is 0.0841. The first-order chi connectivity index (χ1) is 6.59. The van der Waals surface area contributed by atoms with E-state index in [2.05, 4.69) is 10.3 Å². The highest BCUT2D eigenvalue weighted by molar-refractivity contribution is 6.00. The van der Waals surface area contributed by atoms with Crippen LogP contribution in [0.15, 0.2) is 6.07 Å². The van der Waals surface area contributed by atoms with E-state index in [1.54, 1.807) is 6.92 Å². The molecule has 0 saturated heterocycles. The molecule has 2 heterocycles. The maximum absolute atomic E-state index is 11.2. The van der Waals surface area contributed by atoms with Crippen LogP contribution < -0.4 is 5.32 Å². The van der Waals surface area contributed by atoms with Gasteiger partial charge in [-0.3, -0.25) is 9.78 Å². The van der Waals surface area contributed by atoms with Crippen molar-refractivity contribution in [2.45, 2.75) is 13.5 Å². The van der Waals surface area contributed by atoms with Crippen molar-refractivity contribution >= 4 is 11.9 Å². The Morgan fingerprint density at radius 2 is 2.36 bits per heavy atom. The van der Waals surface area contributed by atoms with Gasteiger partial charge in [-0.1, -0.05) is 0 Å². The van der Waals surface area contributed by atoms with Gasteiger partial charge in [-0.2, -0.15) is 0 Å². The molecule has 0 bridgehead atoms. The van der Waals surface area contributed by atoms with Crippen LogP contribution in [0, 0.1) is 6.92 Å². The fourth-order valence-electron chi connectivity index (χ4n) is 1.46. The molecule has 1 aromatic heterocycles. The molecule has 1 amide bonds. The monoisotopic (exact) mass is 192 g/mol. The van der Waals surface area contributed by atoms with Crippen molar-refractivity contribution in [1.29, 1.82) is 0 Å². The number of carbonyl (C=O) groups is 2. The summed E-state index contributed by atoms with van der Waals surface area (Å²) in [6, 6.07) is 1.38. The molecule has 0 radical (unpaired) electrons. The van der Waals surface area contributed by atoms with Crippen molar-refractivity contribution < 1.29 is 14.7 Å². The average Bonchev–Trinajstić information content (AvgIpc) is 2.46. The number of carboxylic acid groups (broad SMARTS) is 1. The summed E-state index contributed by atoms with van der Waals surface area (Å²) >= 11 is 0. The summed E-state index contributed by atoms with van der Waals surface area (Å²) in [6.45, 7) is 2.00. The second-order valence-electron chi connectivity index (χ2n) is 3.10. The second kappa shape index (κ2) is 2.80. The topological polar surface area (TPSA) is 79.3 Å². The summed E-state index contributed by atoms with van der Waals surface area (Å²) in [4.78, 5) is 26.0. The van der Waals surface area contributed by atoms with Crippen molar-refractivity contribution in [3.8, 4) is 0 Å². The Labute approximate surface area is 79.8 Å². The van der Waals surface area contributed by atoms with Crippen LogP contribution >= 0.6 is 0 Å². The summed E-state index contributed by atoms with van der Waals surface area (Å²) in [5, 5.41) is 11.4. The Bertz CT molecular complexity index is 439. The van der Waals surface area contributed by atoms with E-state index in [-0.39, 0.29) is 11.5 Å². The largest absolute Gasteiger partial charge is 0.478 e. The van der Waals surface area contributed by atoms with Crippen LogP contribution in [0.1, 0.15) is 32.1 Å². The van der Waals surface area contributed by atoms with Gasteiger partial charge in [0.15, 0.2) is 0 Å². The maximum Gasteiger partial charge on any atom is 0.337 e. The van der Waals surface area contributed by atoms with Crippen LogP contribution in [0.2, 0.25) is 0 Å². The Kier molecular flexibility index (Phi) is 1.73. The highest BCUT2D eigenvalue weighted by Gasteiger charge is 2.23. The lowest BCUT2D eigenvalue weighted by Gasteiger charge is -2.01. The van der Waals surface area contributed by atoms with Gasteiger partial charge in [-0.25, -0.2) is 4.79 Å². The highest BCUT2D eigenvalue weighted by Crippen LogP contribution is 2.17. The first-order valence-corrected chi connectivity index (χ1v) is 4.11.